The Morgan fingerprint density at radius 3 is 2.56 bits per heavy atom. The van der Waals surface area contributed by atoms with E-state index in [9.17, 15) is 23.3 Å². The van der Waals surface area contributed by atoms with Crippen molar-refractivity contribution in [3.63, 3.8) is 0 Å². The first-order chi connectivity index (χ1) is 16.2. The first-order valence-electron chi connectivity index (χ1n) is 11.9. The maximum atomic E-state index is 13.2. The first kappa shape index (κ1) is 25.8. The maximum absolute atomic E-state index is 13.2. The fourth-order valence-electron chi connectivity index (χ4n) is 4.48. The number of nitrogens with zero attached hydrogens (tertiary/aromatic N) is 2. The lowest BCUT2D eigenvalue weighted by molar-refractivity contribution is -0.388. The molecule has 0 spiro atoms. The molecule has 0 bridgehead atoms. The fraction of sp³-hybridized carbons (Fsp3) is 0.560. The van der Waals surface area contributed by atoms with Crippen LogP contribution in [0.4, 0.5) is 24.5 Å². The molecule has 1 heterocycles. The maximum Gasteiger partial charge on any atom is 0.423 e. The van der Waals surface area contributed by atoms with Crippen molar-refractivity contribution in [3.8, 4) is 5.75 Å². The molecule has 1 aliphatic rings. The van der Waals surface area contributed by atoms with Crippen molar-refractivity contribution in [2.75, 3.05) is 5.32 Å². The van der Waals surface area contributed by atoms with Gasteiger partial charge in [0.1, 0.15) is 11.3 Å². The third kappa shape index (κ3) is 7.33. The average molecular weight is 480 g/mol. The summed E-state index contributed by atoms with van der Waals surface area (Å²) in [7, 11) is 0. The number of hydrogen-bond donors (Lipinski definition) is 1. The van der Waals surface area contributed by atoms with Crippen LogP contribution in [-0.4, -0.2) is 22.1 Å². The largest absolute Gasteiger partial charge is 0.489 e. The van der Waals surface area contributed by atoms with E-state index >= 15 is 0 Å². The van der Waals surface area contributed by atoms with E-state index in [2.05, 4.69) is 24.1 Å². The van der Waals surface area contributed by atoms with Crippen LogP contribution in [-0.2, 0) is 12.6 Å². The van der Waals surface area contributed by atoms with Crippen LogP contribution in [0.25, 0.3) is 0 Å². The van der Waals surface area contributed by atoms with E-state index in [1.807, 2.05) is 12.3 Å². The molecule has 2 aromatic rings. The van der Waals surface area contributed by atoms with Gasteiger partial charge < -0.3 is 10.1 Å². The number of benzene rings is 1. The van der Waals surface area contributed by atoms with Crippen LogP contribution in [0, 0.1) is 16.0 Å². The molecule has 0 aliphatic heterocycles. The zero-order valence-corrected chi connectivity index (χ0v) is 19.6. The molecule has 9 heteroatoms. The molecular formula is C25H32F3N3O3. The van der Waals surface area contributed by atoms with Crippen molar-refractivity contribution in [1.82, 2.24) is 4.98 Å². The molecule has 186 valence electrons. The summed E-state index contributed by atoms with van der Waals surface area (Å²) in [5.74, 6) is 1.43. The van der Waals surface area contributed by atoms with Crippen molar-refractivity contribution in [3.05, 3.63) is 57.9 Å². The summed E-state index contributed by atoms with van der Waals surface area (Å²) in [5.41, 5.74) is -0.784. The normalized spacial score (nSPS) is 19.4. The lowest BCUT2D eigenvalue weighted by Crippen LogP contribution is -2.31. The minimum absolute atomic E-state index is 0.0214. The summed E-state index contributed by atoms with van der Waals surface area (Å²) >= 11 is 0. The monoisotopic (exact) mass is 479 g/mol. The van der Waals surface area contributed by atoms with Crippen molar-refractivity contribution in [2.45, 2.75) is 83.5 Å². The van der Waals surface area contributed by atoms with Gasteiger partial charge in [-0.2, -0.15) is 13.2 Å². The Bertz CT molecular complexity index is 960. The summed E-state index contributed by atoms with van der Waals surface area (Å²) in [5, 5.41) is 14.0. The summed E-state index contributed by atoms with van der Waals surface area (Å²) in [6.45, 7) is 4.47. The molecule has 1 aromatic heterocycles. The molecule has 0 amide bonds. The number of nitro benzene ring substituents is 1. The van der Waals surface area contributed by atoms with Crippen LogP contribution < -0.4 is 10.1 Å². The predicted octanol–water partition coefficient (Wildman–Crippen LogP) is 7.18. The van der Waals surface area contributed by atoms with E-state index < -0.39 is 22.4 Å². The Hall–Kier alpha value is -2.84. The highest BCUT2D eigenvalue weighted by Gasteiger charge is 2.38. The van der Waals surface area contributed by atoms with E-state index in [1.165, 1.54) is 18.9 Å². The van der Waals surface area contributed by atoms with Gasteiger partial charge in [-0.3, -0.25) is 15.1 Å². The number of rotatable bonds is 10. The molecule has 0 saturated heterocycles. The van der Waals surface area contributed by atoms with Crippen LogP contribution in [0.2, 0.25) is 0 Å². The minimum atomic E-state index is -4.79. The summed E-state index contributed by atoms with van der Waals surface area (Å²) in [4.78, 5) is 14.2. The van der Waals surface area contributed by atoms with Crippen LogP contribution in [0.15, 0.2) is 36.7 Å². The summed E-state index contributed by atoms with van der Waals surface area (Å²) in [6.07, 6.45) is 6.31. The Morgan fingerprint density at radius 2 is 1.91 bits per heavy atom. The number of aryl methyl sites for hydroxylation is 1. The quantitative estimate of drug-likeness (QED) is 0.288. The lowest BCUT2D eigenvalue weighted by atomic mass is 9.92. The molecule has 1 atom stereocenters. The third-order valence-corrected chi connectivity index (χ3v) is 6.32. The van der Waals surface area contributed by atoms with Crippen LogP contribution in [0.3, 0.4) is 0 Å². The van der Waals surface area contributed by atoms with Gasteiger partial charge in [0, 0.05) is 24.0 Å². The Balaban J connectivity index is 1.52. The smallest absolute Gasteiger partial charge is 0.423 e. The Morgan fingerprint density at radius 1 is 1.18 bits per heavy atom. The molecule has 6 nitrogen and oxygen atoms in total. The van der Waals surface area contributed by atoms with Crippen LogP contribution in [0.5, 0.6) is 5.75 Å². The molecule has 1 fully saturated rings. The number of nitro groups is 1. The van der Waals surface area contributed by atoms with E-state index in [0.717, 1.165) is 62.0 Å². The number of aromatic nitrogens is 1. The fourth-order valence-corrected chi connectivity index (χ4v) is 4.48. The van der Waals surface area contributed by atoms with Crippen molar-refractivity contribution >= 4 is 11.4 Å². The topological polar surface area (TPSA) is 77.3 Å². The molecule has 1 N–H and O–H groups in total. The second-order valence-electron chi connectivity index (χ2n) is 9.18. The molecular weight excluding hydrogens is 447 g/mol. The second-order valence-corrected chi connectivity index (χ2v) is 9.18. The van der Waals surface area contributed by atoms with Gasteiger partial charge in [0.2, 0.25) is 0 Å². The van der Waals surface area contributed by atoms with Crippen molar-refractivity contribution in [1.29, 1.82) is 0 Å². The molecule has 1 saturated carbocycles. The molecule has 0 radical (unpaired) electrons. The van der Waals surface area contributed by atoms with Gasteiger partial charge >= 0.3 is 6.18 Å². The van der Waals surface area contributed by atoms with Gasteiger partial charge in [0.15, 0.2) is 0 Å². The Kier molecular flexibility index (Phi) is 8.74. The van der Waals surface area contributed by atoms with E-state index in [0.29, 0.717) is 5.92 Å². The molecule has 1 unspecified atom stereocenters. The number of halogens is 3. The molecule has 3 rings (SSSR count). The standard InChI is InChI=1S/C25H32F3N3O3/c1-3-4-17(2)5-6-18-13-22(16-29-15-18)34-21-10-7-19(8-11-21)30-20-9-12-24(31(32)33)23(14-20)25(26,27)28/h9,12-17,19,21,30H,3-8,10-11H2,1-2H3. The van der Waals surface area contributed by atoms with Crippen molar-refractivity contribution in [2.24, 2.45) is 5.92 Å². The predicted molar refractivity (Wildman–Crippen MR) is 125 cm³/mol. The highest BCUT2D eigenvalue weighted by molar-refractivity contribution is 5.55. The van der Waals surface area contributed by atoms with E-state index in [1.54, 1.807) is 6.20 Å². The first-order valence-corrected chi connectivity index (χ1v) is 11.9. The van der Waals surface area contributed by atoms with Crippen LogP contribution in [0.1, 0.15) is 69.9 Å². The van der Waals surface area contributed by atoms with Crippen LogP contribution >= 0.6 is 0 Å². The summed E-state index contributed by atoms with van der Waals surface area (Å²) in [6, 6.07) is 5.08. The van der Waals surface area contributed by atoms with Gasteiger partial charge in [-0.25, -0.2) is 0 Å². The highest BCUT2D eigenvalue weighted by Crippen LogP contribution is 2.38. The zero-order valence-electron chi connectivity index (χ0n) is 19.6. The van der Waals surface area contributed by atoms with Gasteiger partial charge in [0.05, 0.1) is 17.2 Å². The van der Waals surface area contributed by atoms with E-state index in [4.69, 9.17) is 4.74 Å². The second kappa shape index (κ2) is 11.5. The number of alkyl halides is 3. The molecule has 1 aromatic carbocycles. The molecule has 34 heavy (non-hydrogen) atoms. The van der Waals surface area contributed by atoms with Gasteiger partial charge in [-0.15, -0.1) is 0 Å². The zero-order chi connectivity index (χ0) is 24.7. The average Bonchev–Trinajstić information content (AvgIpc) is 2.79. The number of hydrogen-bond acceptors (Lipinski definition) is 5. The van der Waals surface area contributed by atoms with Crippen molar-refractivity contribution < 1.29 is 22.8 Å². The number of anilines is 1. The third-order valence-electron chi connectivity index (χ3n) is 6.32. The SMILES string of the molecule is CCCC(C)CCc1cncc(OC2CCC(Nc3ccc([N+](=O)[O-])c(C(F)(F)F)c3)CC2)c1. The van der Waals surface area contributed by atoms with Gasteiger partial charge in [0.25, 0.3) is 5.69 Å². The number of ether oxygens (including phenoxy) is 1. The van der Waals surface area contributed by atoms with Gasteiger partial charge in [-0.1, -0.05) is 26.7 Å². The lowest BCUT2D eigenvalue weighted by Gasteiger charge is -2.30. The Labute approximate surface area is 198 Å². The minimum Gasteiger partial charge on any atom is -0.489 e. The van der Waals surface area contributed by atoms with E-state index in [-0.39, 0.29) is 17.8 Å². The van der Waals surface area contributed by atoms with Gasteiger partial charge in [-0.05, 0) is 68.2 Å². The number of nitrogens with one attached hydrogen (secondary N) is 1. The number of pyridine rings is 1. The highest BCUT2D eigenvalue weighted by atomic mass is 19.4. The molecule has 1 aliphatic carbocycles. The summed E-state index contributed by atoms with van der Waals surface area (Å²) < 4.78 is 45.8.